The number of thioether (sulfide) groups is 1. The van der Waals surface area contributed by atoms with Crippen LogP contribution in [0.15, 0.2) is 23.4 Å². The molecule has 0 unspecified atom stereocenters. The predicted octanol–water partition coefficient (Wildman–Crippen LogP) is 3.14. The number of hydrogen-bond donors (Lipinski definition) is 1. The zero-order valence-electron chi connectivity index (χ0n) is 12.7. The molecule has 1 saturated heterocycles. The van der Waals surface area contributed by atoms with Gasteiger partial charge in [-0.1, -0.05) is 23.4 Å². The van der Waals surface area contributed by atoms with E-state index in [0.717, 1.165) is 5.56 Å². The number of halogens is 1. The zero-order chi connectivity index (χ0) is 16.4. The minimum absolute atomic E-state index is 0.0464. The van der Waals surface area contributed by atoms with Crippen molar-refractivity contribution in [1.29, 1.82) is 0 Å². The fraction of sp³-hybridized carbons (Fsp3) is 0.400. The Balaban J connectivity index is 1.57. The highest BCUT2D eigenvalue weighted by molar-refractivity contribution is 8.00. The van der Waals surface area contributed by atoms with Crippen LogP contribution in [0.2, 0.25) is 5.02 Å². The Kier molecular flexibility index (Phi) is 4.77. The first-order valence-corrected chi connectivity index (χ1v) is 8.44. The van der Waals surface area contributed by atoms with Gasteiger partial charge in [-0.3, -0.25) is 9.89 Å². The van der Waals surface area contributed by atoms with E-state index in [1.165, 1.54) is 11.8 Å². The number of nitrogens with one attached hydrogen (secondary N) is 1. The van der Waals surface area contributed by atoms with E-state index in [1.807, 2.05) is 19.9 Å². The van der Waals surface area contributed by atoms with Crippen molar-refractivity contribution in [3.8, 4) is 5.75 Å². The number of esters is 1. The maximum atomic E-state index is 11.6. The first-order chi connectivity index (χ1) is 11.0. The smallest absolute Gasteiger partial charge is 0.319 e. The topological polar surface area (TPSA) is 77.1 Å². The predicted molar refractivity (Wildman–Crippen MR) is 86.7 cm³/mol. The molecule has 2 atom stereocenters. The van der Waals surface area contributed by atoms with Crippen LogP contribution in [0.1, 0.15) is 24.7 Å². The summed E-state index contributed by atoms with van der Waals surface area (Å²) in [6.45, 7) is 4.06. The second-order valence-electron chi connectivity index (χ2n) is 5.35. The number of aromatic amines is 1. The fourth-order valence-corrected chi connectivity index (χ4v) is 3.35. The molecule has 122 valence electrons. The van der Waals surface area contributed by atoms with Crippen molar-refractivity contribution in [3.63, 3.8) is 0 Å². The van der Waals surface area contributed by atoms with Crippen LogP contribution >= 0.6 is 23.4 Å². The molecule has 0 amide bonds. The van der Waals surface area contributed by atoms with Gasteiger partial charge in [0.15, 0.2) is 5.82 Å². The fourth-order valence-electron chi connectivity index (χ4n) is 2.20. The van der Waals surface area contributed by atoms with Gasteiger partial charge in [0.25, 0.3) is 0 Å². The van der Waals surface area contributed by atoms with Crippen LogP contribution in [0.5, 0.6) is 5.75 Å². The maximum Gasteiger partial charge on any atom is 0.319 e. The van der Waals surface area contributed by atoms with Crippen molar-refractivity contribution in [2.45, 2.75) is 43.4 Å². The molecule has 2 heterocycles. The highest BCUT2D eigenvalue weighted by Crippen LogP contribution is 2.30. The first kappa shape index (κ1) is 16.1. The lowest BCUT2D eigenvalue weighted by atomic mass is 10.2. The lowest BCUT2D eigenvalue weighted by Crippen LogP contribution is -2.09. The van der Waals surface area contributed by atoms with Gasteiger partial charge in [-0.2, -0.15) is 0 Å². The number of hydrogen-bond acceptors (Lipinski definition) is 6. The molecule has 3 rings (SSSR count). The third-order valence-electron chi connectivity index (χ3n) is 3.39. The third-order valence-corrected chi connectivity index (χ3v) is 4.88. The molecule has 0 aliphatic carbocycles. The molecular weight excluding hydrogens is 338 g/mol. The molecule has 8 heteroatoms. The number of carbonyl (C=O) groups excluding carboxylic acids is 1. The standard InChI is InChI=1S/C15H16ClN3O3S/c1-8-5-10(3-4-11(8)16)21-7-13-17-15(19-18-13)23-12-6-9(2)22-14(12)20/h3-5,9,12H,6-7H2,1-2H3,(H,17,18,19)/t9-,12+/m0/s1. The van der Waals surface area contributed by atoms with Crippen molar-refractivity contribution in [2.24, 2.45) is 0 Å². The molecule has 1 aliphatic heterocycles. The van der Waals surface area contributed by atoms with E-state index in [-0.39, 0.29) is 23.9 Å². The van der Waals surface area contributed by atoms with Crippen LogP contribution in [0.25, 0.3) is 0 Å². The van der Waals surface area contributed by atoms with Crippen molar-refractivity contribution in [1.82, 2.24) is 15.2 Å². The molecule has 0 bridgehead atoms. The third kappa shape index (κ3) is 3.97. The van der Waals surface area contributed by atoms with Crippen LogP contribution in [0.4, 0.5) is 0 Å². The highest BCUT2D eigenvalue weighted by atomic mass is 35.5. The number of H-pyrrole nitrogens is 1. The number of benzene rings is 1. The monoisotopic (exact) mass is 353 g/mol. The Hall–Kier alpha value is -1.73. The quantitative estimate of drug-likeness (QED) is 0.832. The number of ether oxygens (including phenoxy) is 2. The van der Waals surface area contributed by atoms with Crippen LogP contribution in [0.3, 0.4) is 0 Å². The first-order valence-electron chi connectivity index (χ1n) is 7.18. The number of aryl methyl sites for hydroxylation is 1. The molecule has 1 N–H and O–H groups in total. The normalized spacial score (nSPS) is 20.6. The lowest BCUT2D eigenvalue weighted by Gasteiger charge is -2.05. The molecule has 1 aromatic carbocycles. The maximum absolute atomic E-state index is 11.6. The summed E-state index contributed by atoms with van der Waals surface area (Å²) in [6, 6.07) is 5.46. The van der Waals surface area contributed by atoms with E-state index in [0.29, 0.717) is 28.2 Å². The summed E-state index contributed by atoms with van der Waals surface area (Å²) in [5.74, 6) is 1.10. The summed E-state index contributed by atoms with van der Waals surface area (Å²) in [5, 5.41) is 7.90. The SMILES string of the molecule is Cc1cc(OCc2nc(S[C@@H]3C[C@H](C)OC3=O)n[nH]2)ccc1Cl. The second kappa shape index (κ2) is 6.80. The number of carbonyl (C=O) groups is 1. The molecule has 1 aliphatic rings. The summed E-state index contributed by atoms with van der Waals surface area (Å²) in [6.07, 6.45) is 0.628. The largest absolute Gasteiger partial charge is 0.486 e. The molecule has 1 fully saturated rings. The Morgan fingerprint density at radius 1 is 1.52 bits per heavy atom. The van der Waals surface area contributed by atoms with Crippen molar-refractivity contribution in [3.05, 3.63) is 34.6 Å². The van der Waals surface area contributed by atoms with E-state index in [4.69, 9.17) is 21.1 Å². The van der Waals surface area contributed by atoms with Gasteiger partial charge in [0.1, 0.15) is 23.7 Å². The number of aromatic nitrogens is 3. The zero-order valence-corrected chi connectivity index (χ0v) is 14.3. The van der Waals surface area contributed by atoms with E-state index in [2.05, 4.69) is 15.2 Å². The molecule has 6 nitrogen and oxygen atoms in total. The summed E-state index contributed by atoms with van der Waals surface area (Å²) in [7, 11) is 0. The van der Waals surface area contributed by atoms with Crippen LogP contribution < -0.4 is 4.74 Å². The van der Waals surface area contributed by atoms with Crippen LogP contribution in [-0.4, -0.2) is 32.5 Å². The Morgan fingerprint density at radius 2 is 2.35 bits per heavy atom. The van der Waals surface area contributed by atoms with Crippen LogP contribution in [-0.2, 0) is 16.1 Å². The van der Waals surface area contributed by atoms with Crippen molar-refractivity contribution in [2.75, 3.05) is 0 Å². The van der Waals surface area contributed by atoms with E-state index >= 15 is 0 Å². The van der Waals surface area contributed by atoms with Gasteiger partial charge in [0.05, 0.1) is 0 Å². The van der Waals surface area contributed by atoms with Gasteiger partial charge in [-0.25, -0.2) is 4.98 Å². The average Bonchev–Trinajstić information content (AvgIpc) is 3.07. The molecular formula is C15H16ClN3O3S. The van der Waals surface area contributed by atoms with E-state index < -0.39 is 0 Å². The lowest BCUT2D eigenvalue weighted by molar-refractivity contribution is -0.140. The molecule has 0 radical (unpaired) electrons. The second-order valence-corrected chi connectivity index (χ2v) is 6.93. The number of nitrogens with zero attached hydrogens (tertiary/aromatic N) is 2. The molecule has 0 spiro atoms. The van der Waals surface area contributed by atoms with Gasteiger partial charge >= 0.3 is 5.97 Å². The molecule has 0 saturated carbocycles. The van der Waals surface area contributed by atoms with Gasteiger partial charge in [0, 0.05) is 11.4 Å². The Morgan fingerprint density at radius 3 is 3.04 bits per heavy atom. The average molecular weight is 354 g/mol. The van der Waals surface area contributed by atoms with Gasteiger partial charge < -0.3 is 9.47 Å². The number of rotatable bonds is 5. The Labute approximate surface area is 142 Å². The molecule has 2 aromatic rings. The van der Waals surface area contributed by atoms with Gasteiger partial charge in [-0.05, 0) is 37.6 Å². The van der Waals surface area contributed by atoms with Crippen molar-refractivity contribution < 1.29 is 14.3 Å². The highest BCUT2D eigenvalue weighted by Gasteiger charge is 2.33. The van der Waals surface area contributed by atoms with E-state index in [1.54, 1.807) is 12.1 Å². The minimum atomic E-state index is -0.242. The number of cyclic esters (lactones) is 1. The van der Waals surface area contributed by atoms with Crippen LogP contribution in [0, 0.1) is 6.92 Å². The summed E-state index contributed by atoms with van der Waals surface area (Å²) in [4.78, 5) is 15.9. The van der Waals surface area contributed by atoms with Gasteiger partial charge in [-0.15, -0.1) is 5.10 Å². The van der Waals surface area contributed by atoms with Gasteiger partial charge in [0.2, 0.25) is 5.16 Å². The summed E-state index contributed by atoms with van der Waals surface area (Å²) >= 11 is 7.29. The molecule has 23 heavy (non-hydrogen) atoms. The van der Waals surface area contributed by atoms with Crippen molar-refractivity contribution >= 4 is 29.3 Å². The van der Waals surface area contributed by atoms with E-state index in [9.17, 15) is 4.79 Å². The Bertz CT molecular complexity index is 722. The summed E-state index contributed by atoms with van der Waals surface area (Å²) in [5.41, 5.74) is 0.951. The minimum Gasteiger partial charge on any atom is -0.486 e. The summed E-state index contributed by atoms with van der Waals surface area (Å²) < 4.78 is 10.8. The molecule has 1 aromatic heterocycles.